The average molecular weight is 118 g/mol. The largest absolute Gasteiger partial charge is 0.0810 e. The lowest BCUT2D eigenvalue weighted by molar-refractivity contribution is 0.683. The molecule has 2 atom stereocenters. The lowest BCUT2D eigenvalue weighted by Gasteiger charge is -1.99. The quantitative estimate of drug-likeness (QED) is 0.428. The summed E-state index contributed by atoms with van der Waals surface area (Å²) in [6.07, 6.45) is 14.7. The first kappa shape index (κ1) is 5.04. The van der Waals surface area contributed by atoms with Gasteiger partial charge in [0.1, 0.15) is 0 Å². The highest BCUT2D eigenvalue weighted by Crippen LogP contribution is 2.27. The molecule has 0 saturated carbocycles. The van der Waals surface area contributed by atoms with Gasteiger partial charge in [-0.15, -0.1) is 0 Å². The lowest BCUT2D eigenvalue weighted by Crippen LogP contribution is -1.88. The molecule has 0 spiro atoms. The van der Waals surface area contributed by atoms with Gasteiger partial charge in [0.25, 0.3) is 0 Å². The Bertz CT molecular complexity index is 164. The summed E-state index contributed by atoms with van der Waals surface area (Å²) in [7, 11) is 0. The van der Waals surface area contributed by atoms with E-state index in [0.29, 0.717) is 0 Å². The second kappa shape index (κ2) is 1.87. The fourth-order valence-electron chi connectivity index (χ4n) is 1.46. The molecular formula is C9H10. The zero-order valence-corrected chi connectivity index (χ0v) is 5.33. The summed E-state index contributed by atoms with van der Waals surface area (Å²) in [6, 6.07) is 0. The Hall–Kier alpha value is -0.780. The minimum atomic E-state index is 0.727. The van der Waals surface area contributed by atoms with Gasteiger partial charge in [0.15, 0.2) is 0 Å². The van der Waals surface area contributed by atoms with Crippen molar-refractivity contribution in [2.24, 2.45) is 11.8 Å². The van der Waals surface area contributed by atoms with Crippen LogP contribution in [0.2, 0.25) is 0 Å². The predicted molar refractivity (Wildman–Crippen MR) is 39.0 cm³/mol. The summed E-state index contributed by atoms with van der Waals surface area (Å²) in [6.45, 7) is 0. The van der Waals surface area contributed by atoms with Crippen LogP contribution in [-0.4, -0.2) is 0 Å². The Balaban J connectivity index is 2.31. The molecule has 0 fully saturated rings. The minimum absolute atomic E-state index is 0.727. The molecule has 0 aromatic carbocycles. The molecule has 0 aromatic heterocycles. The van der Waals surface area contributed by atoms with E-state index in [1.807, 2.05) is 0 Å². The van der Waals surface area contributed by atoms with Crippen molar-refractivity contribution >= 4 is 0 Å². The van der Waals surface area contributed by atoms with Crippen LogP contribution >= 0.6 is 0 Å². The van der Waals surface area contributed by atoms with Crippen LogP contribution in [-0.2, 0) is 0 Å². The second-order valence-electron chi connectivity index (χ2n) is 2.72. The van der Waals surface area contributed by atoms with E-state index in [1.165, 1.54) is 6.42 Å². The van der Waals surface area contributed by atoms with E-state index in [0.717, 1.165) is 11.8 Å². The van der Waals surface area contributed by atoms with Gasteiger partial charge in [-0.3, -0.25) is 0 Å². The van der Waals surface area contributed by atoms with Crippen LogP contribution < -0.4 is 0 Å². The molecule has 2 aliphatic carbocycles. The highest BCUT2D eigenvalue weighted by atomic mass is 14.2. The van der Waals surface area contributed by atoms with Crippen LogP contribution in [0.15, 0.2) is 36.5 Å². The summed E-state index contributed by atoms with van der Waals surface area (Å²) < 4.78 is 0. The molecule has 2 rings (SSSR count). The molecule has 0 nitrogen and oxygen atoms in total. The van der Waals surface area contributed by atoms with Crippen molar-refractivity contribution in [1.82, 2.24) is 0 Å². The molecule has 0 heteroatoms. The van der Waals surface area contributed by atoms with Gasteiger partial charge in [0.2, 0.25) is 0 Å². The summed E-state index contributed by atoms with van der Waals surface area (Å²) >= 11 is 0. The van der Waals surface area contributed by atoms with E-state index in [1.54, 1.807) is 0 Å². The van der Waals surface area contributed by atoms with E-state index in [-0.39, 0.29) is 0 Å². The fourth-order valence-corrected chi connectivity index (χ4v) is 1.46. The maximum absolute atomic E-state index is 2.30. The summed E-state index contributed by atoms with van der Waals surface area (Å²) in [5.74, 6) is 1.45. The Morgan fingerprint density at radius 1 is 0.778 bits per heavy atom. The van der Waals surface area contributed by atoms with E-state index in [9.17, 15) is 0 Å². The van der Waals surface area contributed by atoms with Gasteiger partial charge in [0.05, 0.1) is 0 Å². The third kappa shape index (κ3) is 0.849. The molecule has 0 unspecified atom stereocenters. The topological polar surface area (TPSA) is 0 Å². The van der Waals surface area contributed by atoms with Gasteiger partial charge in [-0.1, -0.05) is 36.5 Å². The Morgan fingerprint density at radius 2 is 1.33 bits per heavy atom. The predicted octanol–water partition coefficient (Wildman–Crippen LogP) is 2.30. The van der Waals surface area contributed by atoms with Crippen molar-refractivity contribution in [1.29, 1.82) is 0 Å². The highest BCUT2D eigenvalue weighted by Gasteiger charge is 2.14. The van der Waals surface area contributed by atoms with Gasteiger partial charge < -0.3 is 0 Å². The van der Waals surface area contributed by atoms with Crippen LogP contribution in [0.1, 0.15) is 6.42 Å². The third-order valence-electron chi connectivity index (χ3n) is 1.98. The zero-order chi connectivity index (χ0) is 6.10. The standard InChI is InChI=1S/C9H10/c1-2-4-9-6-5-8(3-1)7-9/h1-6,8-9H,7H2/t8-,9-/m1/s1. The normalized spacial score (nSPS) is 37.3. The maximum Gasteiger partial charge on any atom is -0.00416 e. The van der Waals surface area contributed by atoms with Gasteiger partial charge in [-0.25, -0.2) is 0 Å². The molecular weight excluding hydrogens is 108 g/mol. The van der Waals surface area contributed by atoms with E-state index >= 15 is 0 Å². The number of allylic oxidation sites excluding steroid dienone is 6. The van der Waals surface area contributed by atoms with Crippen molar-refractivity contribution in [3.05, 3.63) is 36.5 Å². The van der Waals surface area contributed by atoms with Gasteiger partial charge in [-0.05, 0) is 18.3 Å². The van der Waals surface area contributed by atoms with E-state index < -0.39 is 0 Å². The number of hydrogen-bond acceptors (Lipinski definition) is 0. The molecule has 0 aliphatic heterocycles. The average Bonchev–Trinajstić information content (AvgIpc) is 2.09. The second-order valence-corrected chi connectivity index (χ2v) is 2.72. The lowest BCUT2D eigenvalue weighted by atomic mass is 10.1. The molecule has 0 amide bonds. The molecule has 2 aliphatic rings. The molecule has 0 N–H and O–H groups in total. The first-order valence-corrected chi connectivity index (χ1v) is 3.48. The van der Waals surface area contributed by atoms with Crippen LogP contribution in [0.25, 0.3) is 0 Å². The summed E-state index contributed by atoms with van der Waals surface area (Å²) in [4.78, 5) is 0. The first-order chi connectivity index (χ1) is 4.45. The Kier molecular flexibility index (Phi) is 1.05. The van der Waals surface area contributed by atoms with Crippen LogP contribution in [0.3, 0.4) is 0 Å². The zero-order valence-electron chi connectivity index (χ0n) is 5.33. The van der Waals surface area contributed by atoms with E-state index in [2.05, 4.69) is 36.5 Å². The van der Waals surface area contributed by atoms with Crippen LogP contribution in [0, 0.1) is 11.8 Å². The van der Waals surface area contributed by atoms with Crippen LogP contribution in [0.5, 0.6) is 0 Å². The molecule has 0 radical (unpaired) electrons. The summed E-state index contributed by atoms with van der Waals surface area (Å²) in [5.41, 5.74) is 0. The van der Waals surface area contributed by atoms with Gasteiger partial charge in [-0.2, -0.15) is 0 Å². The van der Waals surface area contributed by atoms with Crippen molar-refractivity contribution in [3.8, 4) is 0 Å². The molecule has 46 valence electrons. The van der Waals surface area contributed by atoms with Crippen molar-refractivity contribution in [2.75, 3.05) is 0 Å². The third-order valence-corrected chi connectivity index (χ3v) is 1.98. The molecule has 2 bridgehead atoms. The van der Waals surface area contributed by atoms with Crippen LogP contribution in [0.4, 0.5) is 0 Å². The molecule has 0 heterocycles. The molecule has 0 saturated heterocycles. The van der Waals surface area contributed by atoms with Crippen molar-refractivity contribution in [2.45, 2.75) is 6.42 Å². The first-order valence-electron chi connectivity index (χ1n) is 3.48. The van der Waals surface area contributed by atoms with Gasteiger partial charge in [0, 0.05) is 0 Å². The molecule has 0 aromatic rings. The fraction of sp³-hybridized carbons (Fsp3) is 0.333. The van der Waals surface area contributed by atoms with Gasteiger partial charge >= 0.3 is 0 Å². The van der Waals surface area contributed by atoms with E-state index in [4.69, 9.17) is 0 Å². The molecule has 9 heavy (non-hydrogen) atoms. The summed E-state index contributed by atoms with van der Waals surface area (Å²) in [5, 5.41) is 0. The maximum atomic E-state index is 2.30. The number of fused-ring (bicyclic) bond motifs is 2. The van der Waals surface area contributed by atoms with Crippen molar-refractivity contribution < 1.29 is 0 Å². The Morgan fingerprint density at radius 3 is 1.89 bits per heavy atom. The Labute approximate surface area is 55.6 Å². The smallest absolute Gasteiger partial charge is 0.00416 e. The van der Waals surface area contributed by atoms with Crippen molar-refractivity contribution in [3.63, 3.8) is 0 Å². The SMILES string of the molecule is C1=C[C@@H]2C=C[C@@H](C=C1)C2. The number of rotatable bonds is 0. The number of hydrogen-bond donors (Lipinski definition) is 0. The minimum Gasteiger partial charge on any atom is -0.0810 e. The highest BCUT2D eigenvalue weighted by molar-refractivity contribution is 5.21. The monoisotopic (exact) mass is 118 g/mol.